The minimum atomic E-state index is 0.268. The molecule has 0 unspecified atom stereocenters. The van der Waals surface area contributed by atoms with Crippen LogP contribution in [0.1, 0.15) is 19.4 Å². The smallest absolute Gasteiger partial charge is 0.0991 e. The number of hydrogen-bond acceptors (Lipinski definition) is 4. The topological polar surface area (TPSA) is 54.1 Å². The van der Waals surface area contributed by atoms with Crippen LogP contribution < -0.4 is 0 Å². The molecule has 1 saturated heterocycles. The molecule has 1 fully saturated rings. The Labute approximate surface area is 130 Å². The van der Waals surface area contributed by atoms with Crippen LogP contribution in [0.2, 0.25) is 0 Å². The van der Waals surface area contributed by atoms with Gasteiger partial charge in [-0.25, -0.2) is 0 Å². The number of morpholine rings is 1. The highest BCUT2D eigenvalue weighted by atomic mass is 16.5. The molecule has 1 aromatic heterocycles. The van der Waals surface area contributed by atoms with Crippen molar-refractivity contribution < 1.29 is 4.74 Å². The molecular formula is C17H20N4O. The van der Waals surface area contributed by atoms with Gasteiger partial charge in [0.25, 0.3) is 0 Å². The van der Waals surface area contributed by atoms with E-state index in [1.807, 2.05) is 41.2 Å². The molecule has 0 radical (unpaired) electrons. The Morgan fingerprint density at radius 2 is 2.05 bits per heavy atom. The molecule has 3 rings (SSSR count). The Bertz CT molecular complexity index is 671. The molecule has 0 spiro atoms. The van der Waals surface area contributed by atoms with Gasteiger partial charge in [0.15, 0.2) is 0 Å². The standard InChI is InChI=1S/C17H20N4O/c1-13-11-22-14(2)10-20(13)12-21-8-7-17(19-21)16-5-3-15(9-18)4-6-16/h3-8,13-14H,10-12H2,1-2H3/t13-,14+/m0/s1. The third kappa shape index (κ3) is 3.19. The second kappa shape index (κ2) is 6.30. The summed E-state index contributed by atoms with van der Waals surface area (Å²) in [5.74, 6) is 0. The third-order valence-electron chi connectivity index (χ3n) is 4.01. The summed E-state index contributed by atoms with van der Waals surface area (Å²) < 4.78 is 7.62. The number of rotatable bonds is 3. The Morgan fingerprint density at radius 1 is 1.27 bits per heavy atom. The molecule has 2 aromatic rings. The van der Waals surface area contributed by atoms with Crippen molar-refractivity contribution in [2.45, 2.75) is 32.7 Å². The maximum atomic E-state index is 8.85. The summed E-state index contributed by atoms with van der Waals surface area (Å²) in [7, 11) is 0. The molecule has 22 heavy (non-hydrogen) atoms. The van der Waals surface area contributed by atoms with Crippen LogP contribution in [0.25, 0.3) is 11.3 Å². The van der Waals surface area contributed by atoms with Gasteiger partial charge < -0.3 is 4.74 Å². The van der Waals surface area contributed by atoms with Crippen molar-refractivity contribution in [1.29, 1.82) is 5.26 Å². The molecule has 1 aliphatic rings. The molecule has 0 aliphatic carbocycles. The Kier molecular flexibility index (Phi) is 4.23. The van der Waals surface area contributed by atoms with Gasteiger partial charge in [-0.3, -0.25) is 9.58 Å². The maximum absolute atomic E-state index is 8.85. The number of benzene rings is 1. The van der Waals surface area contributed by atoms with Gasteiger partial charge in [-0.05, 0) is 32.0 Å². The van der Waals surface area contributed by atoms with Crippen LogP contribution in [0.15, 0.2) is 36.5 Å². The SMILES string of the molecule is C[C@@H]1CN(Cn2ccc(-c3ccc(C#N)cc3)n2)[C@@H](C)CO1. The van der Waals surface area contributed by atoms with Gasteiger partial charge in [0.1, 0.15) is 0 Å². The van der Waals surface area contributed by atoms with Gasteiger partial charge in [0.05, 0.1) is 36.7 Å². The maximum Gasteiger partial charge on any atom is 0.0991 e. The predicted molar refractivity (Wildman–Crippen MR) is 84.0 cm³/mol. The summed E-state index contributed by atoms with van der Waals surface area (Å²) in [6.45, 7) is 6.74. The van der Waals surface area contributed by atoms with Crippen LogP contribution in [-0.2, 0) is 11.4 Å². The van der Waals surface area contributed by atoms with E-state index in [0.29, 0.717) is 11.6 Å². The first-order valence-electron chi connectivity index (χ1n) is 7.55. The second-order valence-corrected chi connectivity index (χ2v) is 5.84. The van der Waals surface area contributed by atoms with Gasteiger partial charge in [-0.1, -0.05) is 12.1 Å². The molecule has 5 nitrogen and oxygen atoms in total. The van der Waals surface area contributed by atoms with Gasteiger partial charge in [0.2, 0.25) is 0 Å². The Morgan fingerprint density at radius 3 is 2.77 bits per heavy atom. The highest BCUT2D eigenvalue weighted by Crippen LogP contribution is 2.18. The molecule has 0 N–H and O–H groups in total. The minimum Gasteiger partial charge on any atom is -0.376 e. The molecule has 2 heterocycles. The van der Waals surface area contributed by atoms with E-state index in [2.05, 4.69) is 29.9 Å². The zero-order valence-electron chi connectivity index (χ0n) is 12.9. The summed E-state index contributed by atoms with van der Waals surface area (Å²) in [4.78, 5) is 2.38. The number of aromatic nitrogens is 2. The van der Waals surface area contributed by atoms with Gasteiger partial charge >= 0.3 is 0 Å². The average Bonchev–Trinajstić information content (AvgIpc) is 2.99. The van der Waals surface area contributed by atoms with E-state index >= 15 is 0 Å². The van der Waals surface area contributed by atoms with Crippen LogP contribution in [0.5, 0.6) is 0 Å². The van der Waals surface area contributed by atoms with E-state index in [4.69, 9.17) is 10.00 Å². The fourth-order valence-electron chi connectivity index (χ4n) is 2.66. The number of hydrogen-bond donors (Lipinski definition) is 0. The van der Waals surface area contributed by atoms with Gasteiger partial charge in [0, 0.05) is 24.3 Å². The zero-order valence-corrected chi connectivity index (χ0v) is 12.9. The van der Waals surface area contributed by atoms with Crippen molar-refractivity contribution in [2.75, 3.05) is 13.2 Å². The summed E-state index contributed by atoms with van der Waals surface area (Å²) in [5, 5.41) is 13.5. The van der Waals surface area contributed by atoms with Crippen LogP contribution in [0.4, 0.5) is 0 Å². The molecule has 1 aliphatic heterocycles. The highest BCUT2D eigenvalue weighted by Gasteiger charge is 2.23. The van der Waals surface area contributed by atoms with Crippen molar-refractivity contribution in [3.8, 4) is 17.3 Å². The van der Waals surface area contributed by atoms with Gasteiger partial charge in [-0.15, -0.1) is 0 Å². The minimum absolute atomic E-state index is 0.268. The molecule has 1 aromatic carbocycles. The second-order valence-electron chi connectivity index (χ2n) is 5.84. The molecule has 0 saturated carbocycles. The van der Waals surface area contributed by atoms with Crippen molar-refractivity contribution in [2.24, 2.45) is 0 Å². The summed E-state index contributed by atoms with van der Waals surface area (Å²) >= 11 is 0. The van der Waals surface area contributed by atoms with Crippen LogP contribution in [-0.4, -0.2) is 40.0 Å². The number of nitrogens with zero attached hydrogens (tertiary/aromatic N) is 4. The largest absolute Gasteiger partial charge is 0.376 e. The molecule has 5 heteroatoms. The Balaban J connectivity index is 1.71. The monoisotopic (exact) mass is 296 g/mol. The van der Waals surface area contributed by atoms with Crippen molar-refractivity contribution in [3.05, 3.63) is 42.1 Å². The van der Waals surface area contributed by atoms with E-state index in [1.165, 1.54) is 0 Å². The van der Waals surface area contributed by atoms with E-state index < -0.39 is 0 Å². The average molecular weight is 296 g/mol. The fourth-order valence-corrected chi connectivity index (χ4v) is 2.66. The summed E-state index contributed by atoms with van der Waals surface area (Å²) in [6.07, 6.45) is 2.27. The lowest BCUT2D eigenvalue weighted by Gasteiger charge is -2.36. The number of ether oxygens (including phenoxy) is 1. The lowest BCUT2D eigenvalue weighted by molar-refractivity contribution is -0.0622. The molecule has 0 bridgehead atoms. The highest BCUT2D eigenvalue weighted by molar-refractivity contribution is 5.59. The van der Waals surface area contributed by atoms with Crippen LogP contribution >= 0.6 is 0 Å². The zero-order chi connectivity index (χ0) is 15.5. The predicted octanol–water partition coefficient (Wildman–Crippen LogP) is 2.49. The molecule has 2 atom stereocenters. The van der Waals surface area contributed by atoms with Gasteiger partial charge in [-0.2, -0.15) is 10.4 Å². The van der Waals surface area contributed by atoms with E-state index in [1.54, 1.807) is 0 Å². The van der Waals surface area contributed by atoms with Crippen LogP contribution in [0, 0.1) is 11.3 Å². The van der Waals surface area contributed by atoms with Crippen molar-refractivity contribution in [3.63, 3.8) is 0 Å². The summed E-state index contributed by atoms with van der Waals surface area (Å²) in [6, 6.07) is 12.1. The van der Waals surface area contributed by atoms with E-state index in [9.17, 15) is 0 Å². The third-order valence-corrected chi connectivity index (χ3v) is 4.01. The van der Waals surface area contributed by atoms with E-state index in [0.717, 1.165) is 31.1 Å². The normalized spacial score (nSPS) is 22.4. The van der Waals surface area contributed by atoms with Crippen molar-refractivity contribution in [1.82, 2.24) is 14.7 Å². The first-order valence-corrected chi connectivity index (χ1v) is 7.55. The summed E-state index contributed by atoms with van der Waals surface area (Å²) in [5.41, 5.74) is 2.62. The first kappa shape index (κ1) is 14.8. The molecule has 114 valence electrons. The molecular weight excluding hydrogens is 276 g/mol. The molecule has 0 amide bonds. The fraction of sp³-hybridized carbons (Fsp3) is 0.412. The van der Waals surface area contributed by atoms with Crippen LogP contribution in [0.3, 0.4) is 0 Å². The Hall–Kier alpha value is -2.16. The van der Waals surface area contributed by atoms with E-state index in [-0.39, 0.29) is 6.10 Å². The number of nitriles is 1. The quantitative estimate of drug-likeness (QED) is 0.873. The lowest BCUT2D eigenvalue weighted by atomic mass is 10.1. The lowest BCUT2D eigenvalue weighted by Crippen LogP contribution is -2.47. The van der Waals surface area contributed by atoms with Crippen molar-refractivity contribution >= 4 is 0 Å². The first-order chi connectivity index (χ1) is 10.7.